The summed E-state index contributed by atoms with van der Waals surface area (Å²) in [5.74, 6) is -4.82. The van der Waals surface area contributed by atoms with Gasteiger partial charge < -0.3 is 9.64 Å². The molecular weight excluding hydrogens is 483 g/mol. The third-order valence-corrected chi connectivity index (χ3v) is 7.99. The van der Waals surface area contributed by atoms with Gasteiger partial charge >= 0.3 is 0 Å². The maximum atomic E-state index is 15.6. The van der Waals surface area contributed by atoms with E-state index in [1.54, 1.807) is 24.3 Å². The molecule has 190 valence electrons. The van der Waals surface area contributed by atoms with Crippen LogP contribution in [0.15, 0.2) is 42.5 Å². The molecule has 0 aromatic heterocycles. The molecule has 2 aliphatic heterocycles. The van der Waals surface area contributed by atoms with Gasteiger partial charge in [-0.2, -0.15) is 17.4 Å². The van der Waals surface area contributed by atoms with Gasteiger partial charge in [0.25, 0.3) is 22.0 Å². The Balaban J connectivity index is 1.73. The maximum absolute atomic E-state index is 15.6. The normalized spacial score (nSPS) is 24.0. The van der Waals surface area contributed by atoms with Gasteiger partial charge in [0, 0.05) is 26.1 Å². The number of nitrogens with zero attached hydrogens (tertiary/aromatic N) is 2. The quantitative estimate of drug-likeness (QED) is 0.620. The summed E-state index contributed by atoms with van der Waals surface area (Å²) in [6, 6.07) is 8.63. The molecule has 4 rings (SSSR count). The van der Waals surface area contributed by atoms with Gasteiger partial charge in [-0.1, -0.05) is 48.0 Å². The molecule has 0 bridgehead atoms. The number of nitrogens with one attached hydrogen (secondary N) is 1. The third-order valence-electron chi connectivity index (χ3n) is 6.47. The van der Waals surface area contributed by atoms with Crippen molar-refractivity contribution in [1.82, 2.24) is 13.9 Å². The standard InChI is InChI=1S/C24H28F3N3O4S/c1-15-6-4-7-16(12-15)18-9-5-8-17(21(18)25)13-19-22(28-35(32,33)29(2)3)24(26,27)14-30(19)23(31)20-10-11-34-20/h4-9,12,19-20,22,28H,10-11,13-14H2,1-3H3/t19-,20?,22+/m0/s1. The van der Waals surface area contributed by atoms with Gasteiger partial charge in [-0.05, 0) is 24.5 Å². The van der Waals surface area contributed by atoms with Crippen LogP contribution in [0, 0.1) is 12.7 Å². The van der Waals surface area contributed by atoms with Gasteiger partial charge in [0.1, 0.15) is 18.0 Å². The molecule has 2 fully saturated rings. The molecule has 1 unspecified atom stereocenters. The highest BCUT2D eigenvalue weighted by atomic mass is 32.2. The first-order chi connectivity index (χ1) is 16.4. The lowest BCUT2D eigenvalue weighted by molar-refractivity contribution is -0.158. The number of ether oxygens (including phenoxy) is 1. The minimum Gasteiger partial charge on any atom is -0.368 e. The molecule has 2 saturated heterocycles. The minimum atomic E-state index is -4.26. The number of alkyl halides is 2. The number of halogens is 3. The predicted octanol–water partition coefficient (Wildman–Crippen LogP) is 2.74. The van der Waals surface area contributed by atoms with E-state index in [-0.39, 0.29) is 12.0 Å². The van der Waals surface area contributed by atoms with Crippen LogP contribution in [-0.4, -0.2) is 74.9 Å². The first-order valence-electron chi connectivity index (χ1n) is 11.2. The molecule has 3 atom stereocenters. The zero-order chi connectivity index (χ0) is 25.5. The number of carbonyl (C=O) groups excluding carboxylic acids is 1. The van der Waals surface area contributed by atoms with Gasteiger partial charge in [-0.25, -0.2) is 13.2 Å². The number of hydrogen-bond acceptors (Lipinski definition) is 4. The Kier molecular flexibility index (Phi) is 6.98. The smallest absolute Gasteiger partial charge is 0.283 e. The van der Waals surface area contributed by atoms with Gasteiger partial charge in [0.05, 0.1) is 19.2 Å². The largest absolute Gasteiger partial charge is 0.368 e. The van der Waals surface area contributed by atoms with Crippen LogP contribution in [0.4, 0.5) is 13.2 Å². The molecule has 2 aromatic rings. The molecule has 11 heteroatoms. The van der Waals surface area contributed by atoms with Crippen LogP contribution in [0.1, 0.15) is 17.5 Å². The van der Waals surface area contributed by atoms with Crippen LogP contribution in [0.25, 0.3) is 11.1 Å². The topological polar surface area (TPSA) is 79.0 Å². The van der Waals surface area contributed by atoms with Crippen LogP contribution >= 0.6 is 0 Å². The van der Waals surface area contributed by atoms with E-state index in [9.17, 15) is 13.2 Å². The first-order valence-corrected chi connectivity index (χ1v) is 12.7. The summed E-state index contributed by atoms with van der Waals surface area (Å²) in [5, 5.41) is 0. The van der Waals surface area contributed by atoms with Gasteiger partial charge in [0.15, 0.2) is 0 Å². The summed E-state index contributed by atoms with van der Waals surface area (Å²) < 4.78 is 78.9. The Labute approximate surface area is 203 Å². The molecule has 0 aliphatic carbocycles. The lowest BCUT2D eigenvalue weighted by Gasteiger charge is -2.34. The molecule has 0 saturated carbocycles. The van der Waals surface area contributed by atoms with Crippen LogP contribution < -0.4 is 4.72 Å². The highest BCUT2D eigenvalue weighted by molar-refractivity contribution is 7.87. The Morgan fingerprint density at radius 2 is 1.91 bits per heavy atom. The van der Waals surface area contributed by atoms with E-state index >= 15 is 13.2 Å². The number of rotatable bonds is 7. The van der Waals surface area contributed by atoms with E-state index in [1.807, 2.05) is 23.8 Å². The average molecular weight is 512 g/mol. The third kappa shape index (κ3) is 5.09. The van der Waals surface area contributed by atoms with Crippen molar-refractivity contribution in [3.8, 4) is 11.1 Å². The zero-order valence-corrected chi connectivity index (χ0v) is 20.5. The molecule has 1 N–H and O–H groups in total. The van der Waals surface area contributed by atoms with Crippen molar-refractivity contribution >= 4 is 16.1 Å². The summed E-state index contributed by atoms with van der Waals surface area (Å²) in [5.41, 5.74) is 1.95. The van der Waals surface area contributed by atoms with Gasteiger partial charge in [0.2, 0.25) is 0 Å². The van der Waals surface area contributed by atoms with Crippen LogP contribution in [0.3, 0.4) is 0 Å². The fourth-order valence-corrected chi connectivity index (χ4v) is 5.28. The van der Waals surface area contributed by atoms with Crippen molar-refractivity contribution in [1.29, 1.82) is 0 Å². The molecule has 2 aromatic carbocycles. The summed E-state index contributed by atoms with van der Waals surface area (Å²) in [7, 11) is -1.85. The number of carbonyl (C=O) groups is 1. The van der Waals surface area contributed by atoms with Crippen molar-refractivity contribution in [2.75, 3.05) is 27.2 Å². The van der Waals surface area contributed by atoms with Crippen LogP contribution in [-0.2, 0) is 26.2 Å². The zero-order valence-electron chi connectivity index (χ0n) is 19.7. The molecule has 35 heavy (non-hydrogen) atoms. The Morgan fingerprint density at radius 1 is 1.23 bits per heavy atom. The van der Waals surface area contributed by atoms with E-state index in [4.69, 9.17) is 4.74 Å². The lowest BCUT2D eigenvalue weighted by atomic mass is 9.94. The van der Waals surface area contributed by atoms with Crippen molar-refractivity contribution in [3.63, 3.8) is 0 Å². The van der Waals surface area contributed by atoms with Gasteiger partial charge in [-0.15, -0.1) is 0 Å². The summed E-state index contributed by atoms with van der Waals surface area (Å²) in [6.45, 7) is 1.23. The second-order valence-electron chi connectivity index (χ2n) is 9.18. The first kappa shape index (κ1) is 25.6. The molecule has 2 aliphatic rings. The minimum absolute atomic E-state index is 0.105. The van der Waals surface area contributed by atoms with E-state index in [0.29, 0.717) is 24.2 Å². The summed E-state index contributed by atoms with van der Waals surface area (Å²) in [6.07, 6.45) is -0.778. The number of aryl methyl sites for hydroxylation is 1. The van der Waals surface area contributed by atoms with Crippen molar-refractivity contribution in [2.45, 2.75) is 43.9 Å². The summed E-state index contributed by atoms with van der Waals surface area (Å²) >= 11 is 0. The highest BCUT2D eigenvalue weighted by Gasteiger charge is 2.58. The monoisotopic (exact) mass is 511 g/mol. The van der Waals surface area contributed by atoms with Crippen LogP contribution in [0.2, 0.25) is 0 Å². The van der Waals surface area contributed by atoms with Crippen molar-refractivity contribution in [3.05, 3.63) is 59.4 Å². The van der Waals surface area contributed by atoms with E-state index in [1.165, 1.54) is 20.2 Å². The Morgan fingerprint density at radius 3 is 2.51 bits per heavy atom. The van der Waals surface area contributed by atoms with E-state index < -0.39 is 52.6 Å². The lowest BCUT2D eigenvalue weighted by Crippen LogP contribution is -2.55. The second-order valence-corrected chi connectivity index (χ2v) is 11.1. The summed E-state index contributed by atoms with van der Waals surface area (Å²) in [4.78, 5) is 13.9. The Hall–Kier alpha value is -2.47. The van der Waals surface area contributed by atoms with Crippen LogP contribution in [0.5, 0.6) is 0 Å². The van der Waals surface area contributed by atoms with Crippen molar-refractivity contribution in [2.24, 2.45) is 0 Å². The fourth-order valence-electron chi connectivity index (χ4n) is 4.42. The fraction of sp³-hybridized carbons (Fsp3) is 0.458. The number of likely N-dealkylation sites (tertiary alicyclic amines) is 1. The predicted molar refractivity (Wildman–Crippen MR) is 125 cm³/mol. The number of amides is 1. The molecule has 0 radical (unpaired) electrons. The maximum Gasteiger partial charge on any atom is 0.283 e. The van der Waals surface area contributed by atoms with Crippen molar-refractivity contribution < 1.29 is 31.1 Å². The number of benzene rings is 2. The molecule has 1 amide bonds. The number of hydrogen-bond donors (Lipinski definition) is 1. The Bertz CT molecular complexity index is 1220. The molecular formula is C24H28F3N3O4S. The second kappa shape index (κ2) is 9.53. The molecule has 7 nitrogen and oxygen atoms in total. The average Bonchev–Trinajstić information content (AvgIpc) is 2.98. The van der Waals surface area contributed by atoms with E-state index in [2.05, 4.69) is 0 Å². The molecule has 0 spiro atoms. The molecule has 2 heterocycles. The highest BCUT2D eigenvalue weighted by Crippen LogP contribution is 2.37. The van der Waals surface area contributed by atoms with Gasteiger partial charge in [-0.3, -0.25) is 4.79 Å². The SMILES string of the molecule is Cc1cccc(-c2cccc(C[C@H]3[C@@H](NS(=O)(=O)N(C)C)C(F)(F)CN3C(=O)C3CCO3)c2F)c1. The van der Waals surface area contributed by atoms with E-state index in [0.717, 1.165) is 14.8 Å².